The lowest BCUT2D eigenvalue weighted by Crippen LogP contribution is -2.36. The molecule has 2 unspecified atom stereocenters. The number of hydrogen-bond donors (Lipinski definition) is 2. The molecule has 1 aliphatic rings. The lowest BCUT2D eigenvalue weighted by molar-refractivity contribution is 0.0872. The van der Waals surface area contributed by atoms with Crippen LogP contribution in [0.25, 0.3) is 4.96 Å². The highest BCUT2D eigenvalue weighted by Crippen LogP contribution is 2.23. The Kier molecular flexibility index (Phi) is 4.03. The third-order valence-corrected chi connectivity index (χ3v) is 4.66. The minimum absolute atomic E-state index is 0.0576. The molecule has 1 fully saturated rings. The van der Waals surface area contributed by atoms with Gasteiger partial charge in [-0.2, -0.15) is 0 Å². The molecule has 2 aromatic rings. The van der Waals surface area contributed by atoms with Gasteiger partial charge in [0.1, 0.15) is 5.56 Å². The Labute approximate surface area is 125 Å². The first-order chi connectivity index (χ1) is 10.1. The Morgan fingerprint density at radius 1 is 1.52 bits per heavy atom. The molecule has 2 atom stereocenters. The van der Waals surface area contributed by atoms with E-state index in [0.717, 1.165) is 19.3 Å². The molecule has 112 valence electrons. The summed E-state index contributed by atoms with van der Waals surface area (Å²) < 4.78 is 1.38. The summed E-state index contributed by atoms with van der Waals surface area (Å²) in [7, 11) is 0. The van der Waals surface area contributed by atoms with Crippen LogP contribution in [0.1, 0.15) is 36.0 Å². The highest BCUT2D eigenvalue weighted by Gasteiger charge is 2.21. The molecule has 0 aromatic carbocycles. The quantitative estimate of drug-likeness (QED) is 0.887. The summed E-state index contributed by atoms with van der Waals surface area (Å²) in [6, 6.07) is 0. The van der Waals surface area contributed by atoms with E-state index < -0.39 is 5.91 Å². The third-order valence-electron chi connectivity index (χ3n) is 3.89. The molecule has 0 radical (unpaired) electrons. The van der Waals surface area contributed by atoms with Gasteiger partial charge in [-0.15, -0.1) is 11.3 Å². The van der Waals surface area contributed by atoms with Gasteiger partial charge in [0.25, 0.3) is 11.5 Å². The lowest BCUT2D eigenvalue weighted by Gasteiger charge is -2.25. The van der Waals surface area contributed by atoms with E-state index in [2.05, 4.69) is 10.3 Å². The van der Waals surface area contributed by atoms with Gasteiger partial charge < -0.3 is 10.4 Å². The van der Waals surface area contributed by atoms with Gasteiger partial charge >= 0.3 is 0 Å². The molecular formula is C14H17N3O3S. The molecule has 0 spiro atoms. The monoisotopic (exact) mass is 307 g/mol. The van der Waals surface area contributed by atoms with Gasteiger partial charge in [-0.25, -0.2) is 4.98 Å². The fourth-order valence-corrected chi connectivity index (χ4v) is 3.44. The van der Waals surface area contributed by atoms with Crippen LogP contribution in [0.15, 0.2) is 22.6 Å². The molecule has 0 bridgehead atoms. The highest BCUT2D eigenvalue weighted by atomic mass is 32.1. The second kappa shape index (κ2) is 5.95. The normalized spacial score (nSPS) is 22.3. The predicted octanol–water partition coefficient (Wildman–Crippen LogP) is 1.04. The third kappa shape index (κ3) is 2.98. The van der Waals surface area contributed by atoms with Gasteiger partial charge in [0.2, 0.25) is 0 Å². The molecule has 0 aliphatic heterocycles. The summed E-state index contributed by atoms with van der Waals surface area (Å²) in [4.78, 5) is 29.0. The van der Waals surface area contributed by atoms with Crippen molar-refractivity contribution in [2.75, 3.05) is 6.54 Å². The van der Waals surface area contributed by atoms with Crippen LogP contribution in [0, 0.1) is 5.92 Å². The lowest BCUT2D eigenvalue weighted by atomic mass is 9.87. The SMILES string of the molecule is O=C(NCC1CCCC(O)C1)c1cnc2sccn2c1=O. The molecule has 2 heterocycles. The van der Waals surface area contributed by atoms with Crippen molar-refractivity contribution in [1.82, 2.24) is 14.7 Å². The average molecular weight is 307 g/mol. The molecule has 7 heteroatoms. The van der Waals surface area contributed by atoms with Crippen LogP contribution in [-0.4, -0.2) is 33.0 Å². The summed E-state index contributed by atoms with van der Waals surface area (Å²) in [5.74, 6) is -0.119. The summed E-state index contributed by atoms with van der Waals surface area (Å²) in [5, 5.41) is 14.2. The topological polar surface area (TPSA) is 83.7 Å². The van der Waals surface area contributed by atoms with Crippen molar-refractivity contribution < 1.29 is 9.90 Å². The van der Waals surface area contributed by atoms with Gasteiger partial charge in [0, 0.05) is 24.3 Å². The number of carbonyl (C=O) groups is 1. The first kappa shape index (κ1) is 14.2. The predicted molar refractivity (Wildman–Crippen MR) is 79.6 cm³/mol. The van der Waals surface area contributed by atoms with E-state index in [1.807, 2.05) is 0 Å². The number of nitrogens with zero attached hydrogens (tertiary/aromatic N) is 2. The van der Waals surface area contributed by atoms with Gasteiger partial charge in [-0.05, 0) is 25.2 Å². The summed E-state index contributed by atoms with van der Waals surface area (Å²) in [5.41, 5.74) is -0.287. The Morgan fingerprint density at radius 2 is 2.38 bits per heavy atom. The van der Waals surface area contributed by atoms with Crippen LogP contribution < -0.4 is 10.9 Å². The van der Waals surface area contributed by atoms with E-state index in [4.69, 9.17) is 0 Å². The maximum atomic E-state index is 12.2. The van der Waals surface area contributed by atoms with Crippen LogP contribution >= 0.6 is 11.3 Å². The smallest absolute Gasteiger partial charge is 0.271 e. The van der Waals surface area contributed by atoms with E-state index in [-0.39, 0.29) is 23.1 Å². The largest absolute Gasteiger partial charge is 0.393 e. The van der Waals surface area contributed by atoms with E-state index in [9.17, 15) is 14.7 Å². The molecule has 21 heavy (non-hydrogen) atoms. The average Bonchev–Trinajstić information content (AvgIpc) is 2.95. The van der Waals surface area contributed by atoms with E-state index in [1.54, 1.807) is 11.6 Å². The van der Waals surface area contributed by atoms with Crippen molar-refractivity contribution in [3.63, 3.8) is 0 Å². The van der Waals surface area contributed by atoms with E-state index in [0.29, 0.717) is 17.9 Å². The molecule has 1 saturated carbocycles. The number of aliphatic hydroxyl groups is 1. The maximum Gasteiger partial charge on any atom is 0.271 e. The fourth-order valence-electron chi connectivity index (χ4n) is 2.76. The summed E-state index contributed by atoms with van der Waals surface area (Å²) in [6.07, 6.45) is 6.20. The minimum Gasteiger partial charge on any atom is -0.393 e. The number of aliphatic hydroxyl groups excluding tert-OH is 1. The molecule has 1 amide bonds. The first-order valence-corrected chi connectivity index (χ1v) is 7.94. The van der Waals surface area contributed by atoms with Gasteiger partial charge in [0.15, 0.2) is 4.96 Å². The van der Waals surface area contributed by atoms with Crippen molar-refractivity contribution in [1.29, 1.82) is 0 Å². The van der Waals surface area contributed by atoms with Crippen molar-refractivity contribution in [2.24, 2.45) is 5.92 Å². The fraction of sp³-hybridized carbons (Fsp3) is 0.500. The molecule has 3 rings (SSSR count). The van der Waals surface area contributed by atoms with Crippen LogP contribution in [-0.2, 0) is 0 Å². The number of rotatable bonds is 3. The Bertz CT molecular complexity index is 709. The number of aromatic nitrogens is 2. The van der Waals surface area contributed by atoms with Crippen LogP contribution in [0.2, 0.25) is 0 Å². The maximum absolute atomic E-state index is 12.2. The van der Waals surface area contributed by atoms with E-state index in [1.165, 1.54) is 21.9 Å². The summed E-state index contributed by atoms with van der Waals surface area (Å²) >= 11 is 1.35. The zero-order valence-electron chi connectivity index (χ0n) is 11.5. The van der Waals surface area contributed by atoms with Gasteiger partial charge in [-0.1, -0.05) is 6.42 Å². The Balaban J connectivity index is 1.69. The standard InChI is InChI=1S/C14H17N3O3S/c18-10-3-1-2-9(6-10)7-15-12(19)11-8-16-14-17(13(11)20)4-5-21-14/h4-5,8-10,18H,1-3,6-7H2,(H,15,19). The van der Waals surface area contributed by atoms with Crippen molar-refractivity contribution in [2.45, 2.75) is 31.8 Å². The number of thiazole rings is 1. The molecule has 1 aliphatic carbocycles. The molecule has 2 aromatic heterocycles. The second-order valence-corrected chi connectivity index (χ2v) is 6.30. The van der Waals surface area contributed by atoms with Crippen molar-refractivity contribution >= 4 is 22.2 Å². The van der Waals surface area contributed by atoms with Crippen molar-refractivity contribution in [3.05, 3.63) is 33.7 Å². The minimum atomic E-state index is -0.395. The molecule has 6 nitrogen and oxygen atoms in total. The molecular weight excluding hydrogens is 290 g/mol. The van der Waals surface area contributed by atoms with Gasteiger partial charge in [-0.3, -0.25) is 14.0 Å². The van der Waals surface area contributed by atoms with Gasteiger partial charge in [0.05, 0.1) is 6.10 Å². The van der Waals surface area contributed by atoms with Crippen LogP contribution in [0.3, 0.4) is 0 Å². The zero-order valence-corrected chi connectivity index (χ0v) is 12.3. The van der Waals surface area contributed by atoms with Crippen molar-refractivity contribution in [3.8, 4) is 0 Å². The Morgan fingerprint density at radius 3 is 3.19 bits per heavy atom. The number of fused-ring (bicyclic) bond motifs is 1. The van der Waals surface area contributed by atoms with E-state index >= 15 is 0 Å². The zero-order chi connectivity index (χ0) is 14.8. The molecule has 0 saturated heterocycles. The number of amides is 1. The molecule has 2 N–H and O–H groups in total. The first-order valence-electron chi connectivity index (χ1n) is 7.06. The highest BCUT2D eigenvalue weighted by molar-refractivity contribution is 7.15. The Hall–Kier alpha value is -1.73. The van der Waals surface area contributed by atoms with Crippen LogP contribution in [0.4, 0.5) is 0 Å². The number of hydrogen-bond acceptors (Lipinski definition) is 5. The summed E-state index contributed by atoms with van der Waals surface area (Å²) in [6.45, 7) is 0.488. The second-order valence-electron chi connectivity index (χ2n) is 5.43. The van der Waals surface area contributed by atoms with Crippen LogP contribution in [0.5, 0.6) is 0 Å². The number of carbonyl (C=O) groups excluding carboxylic acids is 1. The number of nitrogens with one attached hydrogen (secondary N) is 1.